The standard InChI is InChI=1S/C16H26N2/c1-4-14(3)16-11-17-8-9-18(16)12-15-7-5-6-13(2)10-15/h5-7,10,14,16-17H,4,8-9,11-12H2,1-3H3. The van der Waals surface area contributed by atoms with E-state index in [2.05, 4.69) is 55.3 Å². The predicted octanol–water partition coefficient (Wildman–Crippen LogP) is 2.81. The number of nitrogens with one attached hydrogen (secondary N) is 1. The topological polar surface area (TPSA) is 15.3 Å². The van der Waals surface area contributed by atoms with Gasteiger partial charge in [0.05, 0.1) is 0 Å². The average molecular weight is 246 g/mol. The first-order chi connectivity index (χ1) is 8.70. The van der Waals surface area contributed by atoms with Crippen molar-refractivity contribution in [3.63, 3.8) is 0 Å². The van der Waals surface area contributed by atoms with Crippen molar-refractivity contribution in [2.75, 3.05) is 19.6 Å². The summed E-state index contributed by atoms with van der Waals surface area (Å²) in [6, 6.07) is 9.60. The van der Waals surface area contributed by atoms with Crippen molar-refractivity contribution in [3.8, 4) is 0 Å². The van der Waals surface area contributed by atoms with Gasteiger partial charge in [-0.05, 0) is 18.4 Å². The van der Waals surface area contributed by atoms with Crippen LogP contribution in [0.2, 0.25) is 0 Å². The molecule has 2 heteroatoms. The van der Waals surface area contributed by atoms with Gasteiger partial charge in [-0.2, -0.15) is 0 Å². The van der Waals surface area contributed by atoms with Gasteiger partial charge in [0, 0.05) is 32.2 Å². The zero-order valence-electron chi connectivity index (χ0n) is 11.9. The second kappa shape index (κ2) is 6.35. The minimum Gasteiger partial charge on any atom is -0.314 e. The number of nitrogens with zero attached hydrogens (tertiary/aromatic N) is 1. The molecular formula is C16H26N2. The lowest BCUT2D eigenvalue weighted by atomic mass is 9.95. The Balaban J connectivity index is 2.05. The Bertz CT molecular complexity index is 375. The third-order valence-electron chi connectivity index (χ3n) is 4.17. The van der Waals surface area contributed by atoms with Crippen LogP contribution in [0.5, 0.6) is 0 Å². The summed E-state index contributed by atoms with van der Waals surface area (Å²) >= 11 is 0. The van der Waals surface area contributed by atoms with Crippen LogP contribution in [-0.4, -0.2) is 30.6 Å². The van der Waals surface area contributed by atoms with Gasteiger partial charge in [0.15, 0.2) is 0 Å². The molecule has 1 aromatic carbocycles. The summed E-state index contributed by atoms with van der Waals surface area (Å²) < 4.78 is 0. The molecule has 0 bridgehead atoms. The molecule has 0 saturated carbocycles. The minimum absolute atomic E-state index is 0.685. The third kappa shape index (κ3) is 3.33. The lowest BCUT2D eigenvalue weighted by Gasteiger charge is -2.39. The molecule has 0 spiro atoms. The molecule has 2 unspecified atom stereocenters. The van der Waals surface area contributed by atoms with Crippen LogP contribution < -0.4 is 5.32 Å². The second-order valence-corrected chi connectivity index (χ2v) is 5.62. The largest absolute Gasteiger partial charge is 0.314 e. The van der Waals surface area contributed by atoms with E-state index in [0.717, 1.165) is 25.6 Å². The van der Waals surface area contributed by atoms with Crippen LogP contribution in [0.1, 0.15) is 31.4 Å². The van der Waals surface area contributed by atoms with Gasteiger partial charge in [-0.15, -0.1) is 0 Å². The lowest BCUT2D eigenvalue weighted by Crippen LogP contribution is -2.53. The molecule has 0 radical (unpaired) electrons. The molecule has 1 fully saturated rings. The number of rotatable bonds is 4. The lowest BCUT2D eigenvalue weighted by molar-refractivity contribution is 0.109. The maximum Gasteiger partial charge on any atom is 0.0250 e. The Morgan fingerprint density at radius 1 is 1.44 bits per heavy atom. The average Bonchev–Trinajstić information content (AvgIpc) is 2.38. The van der Waals surface area contributed by atoms with E-state index >= 15 is 0 Å². The Labute approximate surface area is 111 Å². The molecule has 100 valence electrons. The summed E-state index contributed by atoms with van der Waals surface area (Å²) in [5, 5.41) is 3.54. The summed E-state index contributed by atoms with van der Waals surface area (Å²) in [5.41, 5.74) is 2.81. The van der Waals surface area contributed by atoms with Crippen LogP contribution in [0, 0.1) is 12.8 Å². The molecule has 1 saturated heterocycles. The maximum atomic E-state index is 3.54. The third-order valence-corrected chi connectivity index (χ3v) is 4.17. The summed E-state index contributed by atoms with van der Waals surface area (Å²) in [7, 11) is 0. The number of benzene rings is 1. The fourth-order valence-corrected chi connectivity index (χ4v) is 2.84. The maximum absolute atomic E-state index is 3.54. The van der Waals surface area contributed by atoms with Crippen LogP contribution >= 0.6 is 0 Å². The van der Waals surface area contributed by atoms with Crippen molar-refractivity contribution in [3.05, 3.63) is 35.4 Å². The van der Waals surface area contributed by atoms with Gasteiger partial charge in [-0.3, -0.25) is 4.90 Å². The van der Waals surface area contributed by atoms with Crippen LogP contribution in [0.15, 0.2) is 24.3 Å². The van der Waals surface area contributed by atoms with Crippen LogP contribution in [0.25, 0.3) is 0 Å². The van der Waals surface area contributed by atoms with E-state index in [9.17, 15) is 0 Å². The van der Waals surface area contributed by atoms with E-state index in [1.165, 1.54) is 24.1 Å². The van der Waals surface area contributed by atoms with E-state index in [0.29, 0.717) is 6.04 Å². The molecule has 1 aliphatic heterocycles. The Kier molecular flexibility index (Phi) is 4.79. The van der Waals surface area contributed by atoms with Gasteiger partial charge in [-0.25, -0.2) is 0 Å². The van der Waals surface area contributed by atoms with Crippen molar-refractivity contribution in [2.45, 2.75) is 39.8 Å². The molecule has 0 aromatic heterocycles. The minimum atomic E-state index is 0.685. The molecule has 2 nitrogen and oxygen atoms in total. The van der Waals surface area contributed by atoms with Crippen molar-refractivity contribution in [1.82, 2.24) is 10.2 Å². The molecule has 1 N–H and O–H groups in total. The summed E-state index contributed by atoms with van der Waals surface area (Å²) in [6.45, 7) is 11.4. The quantitative estimate of drug-likeness (QED) is 0.879. The highest BCUT2D eigenvalue weighted by Gasteiger charge is 2.25. The first-order valence-corrected chi connectivity index (χ1v) is 7.21. The monoisotopic (exact) mass is 246 g/mol. The smallest absolute Gasteiger partial charge is 0.0250 e. The number of piperazine rings is 1. The van der Waals surface area contributed by atoms with Gasteiger partial charge in [0.2, 0.25) is 0 Å². The van der Waals surface area contributed by atoms with Gasteiger partial charge < -0.3 is 5.32 Å². The molecule has 1 aliphatic rings. The van der Waals surface area contributed by atoms with E-state index in [4.69, 9.17) is 0 Å². The normalized spacial score (nSPS) is 22.9. The fourth-order valence-electron chi connectivity index (χ4n) is 2.84. The first-order valence-electron chi connectivity index (χ1n) is 7.21. The van der Waals surface area contributed by atoms with E-state index in [1.54, 1.807) is 0 Å². The zero-order valence-corrected chi connectivity index (χ0v) is 11.9. The predicted molar refractivity (Wildman–Crippen MR) is 77.7 cm³/mol. The first kappa shape index (κ1) is 13.6. The van der Waals surface area contributed by atoms with E-state index < -0.39 is 0 Å². The van der Waals surface area contributed by atoms with Crippen LogP contribution in [0.4, 0.5) is 0 Å². The number of hydrogen-bond donors (Lipinski definition) is 1. The second-order valence-electron chi connectivity index (χ2n) is 5.62. The van der Waals surface area contributed by atoms with Crippen LogP contribution in [0.3, 0.4) is 0 Å². The van der Waals surface area contributed by atoms with Gasteiger partial charge in [0.1, 0.15) is 0 Å². The molecule has 0 amide bonds. The zero-order chi connectivity index (χ0) is 13.0. The van der Waals surface area contributed by atoms with E-state index in [-0.39, 0.29) is 0 Å². The fraction of sp³-hybridized carbons (Fsp3) is 0.625. The molecule has 2 rings (SSSR count). The SMILES string of the molecule is CCC(C)C1CNCCN1Cc1cccc(C)c1. The van der Waals surface area contributed by atoms with Crippen molar-refractivity contribution in [2.24, 2.45) is 5.92 Å². The van der Waals surface area contributed by atoms with Gasteiger partial charge >= 0.3 is 0 Å². The van der Waals surface area contributed by atoms with Crippen molar-refractivity contribution < 1.29 is 0 Å². The number of aryl methyl sites for hydroxylation is 1. The molecule has 2 atom stereocenters. The van der Waals surface area contributed by atoms with Crippen molar-refractivity contribution in [1.29, 1.82) is 0 Å². The summed E-state index contributed by atoms with van der Waals surface area (Å²) in [4.78, 5) is 2.65. The molecule has 1 aromatic rings. The van der Waals surface area contributed by atoms with E-state index in [1.807, 2.05) is 0 Å². The Morgan fingerprint density at radius 3 is 3.00 bits per heavy atom. The number of hydrogen-bond acceptors (Lipinski definition) is 2. The highest BCUT2D eigenvalue weighted by atomic mass is 15.2. The highest BCUT2D eigenvalue weighted by molar-refractivity contribution is 5.22. The molecule has 0 aliphatic carbocycles. The molecular weight excluding hydrogens is 220 g/mol. The van der Waals surface area contributed by atoms with Gasteiger partial charge in [0.25, 0.3) is 0 Å². The summed E-state index contributed by atoms with van der Waals surface area (Å²) in [5.74, 6) is 0.766. The van der Waals surface area contributed by atoms with Gasteiger partial charge in [-0.1, -0.05) is 50.1 Å². The molecule has 1 heterocycles. The highest BCUT2D eigenvalue weighted by Crippen LogP contribution is 2.19. The van der Waals surface area contributed by atoms with Crippen molar-refractivity contribution >= 4 is 0 Å². The Morgan fingerprint density at radius 2 is 2.28 bits per heavy atom. The molecule has 18 heavy (non-hydrogen) atoms. The summed E-state index contributed by atoms with van der Waals surface area (Å²) in [6.07, 6.45) is 1.26. The van der Waals surface area contributed by atoms with Crippen LogP contribution in [-0.2, 0) is 6.54 Å². The Hall–Kier alpha value is -0.860.